The Morgan fingerprint density at radius 3 is 2.65 bits per heavy atom. The van der Waals surface area contributed by atoms with Gasteiger partial charge in [0, 0.05) is 6.07 Å². The van der Waals surface area contributed by atoms with Crippen LogP contribution in [0.4, 0.5) is 11.4 Å². The Kier molecular flexibility index (Phi) is 4.19. The van der Waals surface area contributed by atoms with Gasteiger partial charge in [0.25, 0.3) is 5.69 Å². The first-order valence-electron chi connectivity index (χ1n) is 6.08. The molecule has 0 saturated carbocycles. The minimum Gasteiger partial charge on any atom is -0.394 e. The molecule has 4 N–H and O–H groups in total. The van der Waals surface area contributed by atoms with Crippen LogP contribution >= 0.6 is 0 Å². The molecule has 1 aliphatic heterocycles. The Balaban J connectivity index is 2.21. The number of nitrogens with one attached hydrogen (secondary N) is 1. The molecule has 0 aliphatic carbocycles. The summed E-state index contributed by atoms with van der Waals surface area (Å²) in [5.74, 6) is 0. The van der Waals surface area contributed by atoms with E-state index in [4.69, 9.17) is 9.84 Å². The van der Waals surface area contributed by atoms with Crippen LogP contribution < -0.4 is 5.32 Å². The lowest BCUT2D eigenvalue weighted by Crippen LogP contribution is -2.36. The molecule has 1 aliphatic rings. The number of hydrogen-bond donors (Lipinski definition) is 4. The maximum atomic E-state index is 11.0. The molecule has 1 unspecified atom stereocenters. The molecule has 110 valence electrons. The van der Waals surface area contributed by atoms with Crippen molar-refractivity contribution in [2.24, 2.45) is 0 Å². The number of hydrogen-bond acceptors (Lipinski definition) is 7. The smallest absolute Gasteiger partial charge is 0.292 e. The largest absolute Gasteiger partial charge is 0.394 e. The lowest BCUT2D eigenvalue weighted by molar-refractivity contribution is -0.384. The predicted octanol–water partition coefficient (Wildman–Crippen LogP) is -0.246. The Morgan fingerprint density at radius 1 is 1.40 bits per heavy atom. The topological polar surface area (TPSA) is 125 Å². The van der Waals surface area contributed by atoms with Crippen LogP contribution in [0.15, 0.2) is 18.2 Å². The molecule has 1 fully saturated rings. The molecule has 1 aromatic carbocycles. The van der Waals surface area contributed by atoms with Crippen molar-refractivity contribution in [3.63, 3.8) is 0 Å². The number of anilines is 1. The minimum atomic E-state index is -1.28. The van der Waals surface area contributed by atoms with Gasteiger partial charge in [-0.05, 0) is 18.6 Å². The number of aliphatic hydroxyl groups is 3. The van der Waals surface area contributed by atoms with Gasteiger partial charge in [-0.25, -0.2) is 0 Å². The molecule has 0 bridgehead atoms. The predicted molar refractivity (Wildman–Crippen MR) is 69.2 cm³/mol. The average molecular weight is 284 g/mol. The maximum absolute atomic E-state index is 11.0. The second kappa shape index (κ2) is 5.71. The summed E-state index contributed by atoms with van der Waals surface area (Å²) in [7, 11) is 0. The number of aliphatic hydroxyl groups excluding tert-OH is 3. The zero-order valence-electron chi connectivity index (χ0n) is 10.8. The number of nitro groups is 1. The van der Waals surface area contributed by atoms with E-state index in [1.165, 1.54) is 12.1 Å². The van der Waals surface area contributed by atoms with Crippen molar-refractivity contribution in [3.8, 4) is 0 Å². The number of aryl methyl sites for hydroxylation is 1. The third-order valence-corrected chi connectivity index (χ3v) is 3.19. The van der Waals surface area contributed by atoms with Crippen LogP contribution in [-0.4, -0.2) is 51.4 Å². The molecular weight excluding hydrogens is 268 g/mol. The van der Waals surface area contributed by atoms with Gasteiger partial charge in [-0.15, -0.1) is 0 Å². The van der Waals surface area contributed by atoms with Crippen LogP contribution in [-0.2, 0) is 4.74 Å². The van der Waals surface area contributed by atoms with E-state index >= 15 is 0 Å². The van der Waals surface area contributed by atoms with E-state index in [1.54, 1.807) is 13.0 Å². The van der Waals surface area contributed by atoms with Crippen LogP contribution in [0.1, 0.15) is 5.56 Å². The van der Waals surface area contributed by atoms with E-state index in [-0.39, 0.29) is 11.4 Å². The number of ether oxygens (including phenoxy) is 1. The summed E-state index contributed by atoms with van der Waals surface area (Å²) in [6.07, 6.45) is -4.48. The summed E-state index contributed by atoms with van der Waals surface area (Å²) in [6.45, 7) is 1.27. The van der Waals surface area contributed by atoms with Gasteiger partial charge in [-0.1, -0.05) is 6.07 Å². The Hall–Kier alpha value is -1.74. The third-order valence-electron chi connectivity index (χ3n) is 3.19. The van der Waals surface area contributed by atoms with E-state index in [9.17, 15) is 20.3 Å². The fourth-order valence-electron chi connectivity index (χ4n) is 2.09. The SMILES string of the molecule is Cc1ccc(NC2O[C@H](CO)[C@@H](O)[C@H]2O)c([N+](=O)[O-])c1. The molecule has 8 nitrogen and oxygen atoms in total. The van der Waals surface area contributed by atoms with Crippen LogP contribution in [0.5, 0.6) is 0 Å². The second-order valence-electron chi connectivity index (χ2n) is 4.68. The second-order valence-corrected chi connectivity index (χ2v) is 4.68. The summed E-state index contributed by atoms with van der Waals surface area (Å²) in [5.41, 5.74) is 0.751. The zero-order chi connectivity index (χ0) is 14.9. The monoisotopic (exact) mass is 284 g/mol. The molecule has 1 heterocycles. The first-order valence-corrected chi connectivity index (χ1v) is 6.08. The molecular formula is C12H16N2O6. The van der Waals surface area contributed by atoms with Crippen molar-refractivity contribution in [2.45, 2.75) is 31.5 Å². The quantitative estimate of drug-likeness (QED) is 0.444. The molecule has 8 heteroatoms. The summed E-state index contributed by atoms with van der Waals surface area (Å²) < 4.78 is 5.22. The van der Waals surface area contributed by atoms with Gasteiger partial charge in [0.1, 0.15) is 24.0 Å². The van der Waals surface area contributed by atoms with Gasteiger partial charge in [-0.3, -0.25) is 10.1 Å². The number of rotatable bonds is 4. The highest BCUT2D eigenvalue weighted by Crippen LogP contribution is 2.29. The molecule has 1 aromatic rings. The first kappa shape index (κ1) is 14.7. The molecule has 0 aromatic heterocycles. The first-order chi connectivity index (χ1) is 9.43. The highest BCUT2D eigenvalue weighted by Gasteiger charge is 2.42. The van der Waals surface area contributed by atoms with E-state index < -0.39 is 36.1 Å². The van der Waals surface area contributed by atoms with Crippen LogP contribution in [0, 0.1) is 17.0 Å². The van der Waals surface area contributed by atoms with Crippen molar-refractivity contribution < 1.29 is 25.0 Å². The lowest BCUT2D eigenvalue weighted by atomic mass is 10.1. The Morgan fingerprint density at radius 2 is 2.10 bits per heavy atom. The minimum absolute atomic E-state index is 0.150. The highest BCUT2D eigenvalue weighted by atomic mass is 16.6. The fourth-order valence-corrected chi connectivity index (χ4v) is 2.09. The fraction of sp³-hybridized carbons (Fsp3) is 0.500. The summed E-state index contributed by atoms with van der Waals surface area (Å²) >= 11 is 0. The van der Waals surface area contributed by atoms with Crippen molar-refractivity contribution >= 4 is 11.4 Å². The van der Waals surface area contributed by atoms with Crippen LogP contribution in [0.3, 0.4) is 0 Å². The molecule has 1 saturated heterocycles. The standard InChI is InChI=1S/C12H16N2O6/c1-6-2-3-7(8(4-6)14(18)19)13-12-11(17)10(16)9(5-15)20-12/h2-4,9-13,15-17H,5H2,1H3/t9-,10-,11-,12?/m1/s1. The number of nitro benzene ring substituents is 1. The van der Waals surface area contributed by atoms with E-state index in [0.717, 1.165) is 5.56 Å². The van der Waals surface area contributed by atoms with Crippen molar-refractivity contribution in [1.29, 1.82) is 0 Å². The van der Waals surface area contributed by atoms with Gasteiger partial charge >= 0.3 is 0 Å². The van der Waals surface area contributed by atoms with Crippen LogP contribution in [0.25, 0.3) is 0 Å². The van der Waals surface area contributed by atoms with E-state index in [1.807, 2.05) is 0 Å². The van der Waals surface area contributed by atoms with Crippen molar-refractivity contribution in [1.82, 2.24) is 0 Å². The van der Waals surface area contributed by atoms with Crippen LogP contribution in [0.2, 0.25) is 0 Å². The van der Waals surface area contributed by atoms with E-state index in [0.29, 0.717) is 0 Å². The molecule has 20 heavy (non-hydrogen) atoms. The Bertz CT molecular complexity index is 509. The number of benzene rings is 1. The average Bonchev–Trinajstić information content (AvgIpc) is 2.68. The maximum Gasteiger partial charge on any atom is 0.292 e. The molecule has 0 radical (unpaired) electrons. The van der Waals surface area contributed by atoms with E-state index in [2.05, 4.69) is 5.32 Å². The zero-order valence-corrected chi connectivity index (χ0v) is 10.8. The van der Waals surface area contributed by atoms with Gasteiger partial charge in [-0.2, -0.15) is 0 Å². The number of nitrogens with zero attached hydrogens (tertiary/aromatic N) is 1. The van der Waals surface area contributed by atoms with Crippen molar-refractivity contribution in [3.05, 3.63) is 33.9 Å². The molecule has 2 rings (SSSR count). The highest BCUT2D eigenvalue weighted by molar-refractivity contribution is 5.63. The summed E-state index contributed by atoms with van der Waals surface area (Å²) in [6, 6.07) is 4.57. The third kappa shape index (κ3) is 2.73. The Labute approximate surface area is 114 Å². The van der Waals surface area contributed by atoms with Gasteiger partial charge in [0.05, 0.1) is 11.5 Å². The summed E-state index contributed by atoms with van der Waals surface area (Å²) in [5, 5.41) is 42.1. The lowest BCUT2D eigenvalue weighted by Gasteiger charge is -2.17. The molecule has 0 amide bonds. The molecule has 4 atom stereocenters. The normalized spacial score (nSPS) is 29.4. The summed E-state index contributed by atoms with van der Waals surface area (Å²) in [4.78, 5) is 10.4. The van der Waals surface area contributed by atoms with Gasteiger partial charge in [0.2, 0.25) is 0 Å². The molecule has 0 spiro atoms. The van der Waals surface area contributed by atoms with Gasteiger partial charge in [0.15, 0.2) is 6.23 Å². The van der Waals surface area contributed by atoms with Gasteiger partial charge < -0.3 is 25.4 Å². The van der Waals surface area contributed by atoms with Crippen molar-refractivity contribution in [2.75, 3.05) is 11.9 Å².